The van der Waals surface area contributed by atoms with E-state index in [2.05, 4.69) is 17.6 Å². The topological polar surface area (TPSA) is 105 Å². The minimum atomic E-state index is -1.19. The number of aryl methyl sites for hydroxylation is 1. The van der Waals surface area contributed by atoms with Gasteiger partial charge in [-0.1, -0.05) is 67.6 Å². The van der Waals surface area contributed by atoms with Crippen molar-refractivity contribution in [1.82, 2.24) is 5.32 Å². The number of benzene rings is 3. The van der Waals surface area contributed by atoms with Crippen LogP contribution in [0.15, 0.2) is 72.8 Å². The van der Waals surface area contributed by atoms with Crippen LogP contribution in [-0.2, 0) is 20.7 Å². The first-order valence-corrected chi connectivity index (χ1v) is 12.9. The van der Waals surface area contributed by atoms with Crippen molar-refractivity contribution < 1.29 is 24.2 Å². The molecule has 7 nitrogen and oxygen atoms in total. The summed E-state index contributed by atoms with van der Waals surface area (Å²) < 4.78 is 5.44. The van der Waals surface area contributed by atoms with E-state index >= 15 is 0 Å². The van der Waals surface area contributed by atoms with E-state index in [0.717, 1.165) is 40.4 Å². The fourth-order valence-corrected chi connectivity index (χ4v) is 5.08. The third-order valence-corrected chi connectivity index (χ3v) is 7.13. The molecule has 1 atom stereocenters. The van der Waals surface area contributed by atoms with Gasteiger partial charge in [0.25, 0.3) is 0 Å². The lowest BCUT2D eigenvalue weighted by atomic mass is 9.98. The van der Waals surface area contributed by atoms with Gasteiger partial charge in [-0.25, -0.2) is 9.59 Å². The Morgan fingerprint density at radius 1 is 0.944 bits per heavy atom. The van der Waals surface area contributed by atoms with Gasteiger partial charge in [-0.3, -0.25) is 4.79 Å². The maximum atomic E-state index is 12.4. The van der Waals surface area contributed by atoms with Gasteiger partial charge in [0.05, 0.1) is 5.75 Å². The highest BCUT2D eigenvalue weighted by Gasteiger charge is 2.29. The molecule has 4 rings (SSSR count). The molecule has 1 aliphatic carbocycles. The molecule has 0 aliphatic heterocycles. The molecule has 3 aromatic carbocycles. The second-order valence-corrected chi connectivity index (χ2v) is 9.50. The first-order valence-electron chi connectivity index (χ1n) is 11.8. The van der Waals surface area contributed by atoms with Crippen molar-refractivity contribution in [2.24, 2.45) is 0 Å². The lowest BCUT2D eigenvalue weighted by molar-refractivity contribution is -0.138. The molecule has 0 aromatic heterocycles. The summed E-state index contributed by atoms with van der Waals surface area (Å²) in [6, 6.07) is 22.3. The largest absolute Gasteiger partial charge is 0.480 e. The minimum absolute atomic E-state index is 0.0295. The molecule has 186 valence electrons. The third kappa shape index (κ3) is 6.07. The van der Waals surface area contributed by atoms with Crippen LogP contribution >= 0.6 is 11.8 Å². The summed E-state index contributed by atoms with van der Waals surface area (Å²) in [6.07, 6.45) is 0.113. The molecule has 8 heteroatoms. The Bertz CT molecular complexity index is 1200. The van der Waals surface area contributed by atoms with Crippen LogP contribution in [0, 0.1) is 0 Å². The Labute approximate surface area is 214 Å². The molecule has 1 unspecified atom stereocenters. The van der Waals surface area contributed by atoms with Crippen LogP contribution in [0.5, 0.6) is 0 Å². The Morgan fingerprint density at radius 2 is 1.56 bits per heavy atom. The Balaban J connectivity index is 1.26. The summed E-state index contributed by atoms with van der Waals surface area (Å²) in [6.45, 7) is 2.15. The monoisotopic (exact) mass is 504 g/mol. The van der Waals surface area contributed by atoms with E-state index in [0.29, 0.717) is 5.69 Å². The van der Waals surface area contributed by atoms with Crippen LogP contribution in [0.25, 0.3) is 11.1 Å². The number of rotatable bonds is 10. The Morgan fingerprint density at radius 3 is 2.14 bits per heavy atom. The molecule has 0 heterocycles. The summed E-state index contributed by atoms with van der Waals surface area (Å²) in [4.78, 5) is 36.3. The van der Waals surface area contributed by atoms with Gasteiger partial charge in [0.2, 0.25) is 5.91 Å². The quantitative estimate of drug-likeness (QED) is 0.362. The van der Waals surface area contributed by atoms with Crippen LogP contribution in [0.1, 0.15) is 29.5 Å². The van der Waals surface area contributed by atoms with Gasteiger partial charge >= 0.3 is 12.1 Å². The highest BCUT2D eigenvalue weighted by atomic mass is 32.2. The average Bonchev–Trinajstić information content (AvgIpc) is 3.21. The number of fused-ring (bicyclic) bond motifs is 3. The number of anilines is 1. The number of nitrogens with one attached hydrogen (secondary N) is 2. The SMILES string of the molecule is CCc1ccc(NC(=O)CSCC(NC(=O)OCC2c3ccccc3-c3ccccc32)C(=O)O)cc1. The van der Waals surface area contributed by atoms with Crippen molar-refractivity contribution in [2.75, 3.05) is 23.4 Å². The Hall–Kier alpha value is -3.78. The molecule has 0 saturated heterocycles. The normalized spacial score (nSPS) is 12.8. The van der Waals surface area contributed by atoms with E-state index in [4.69, 9.17) is 4.74 Å². The van der Waals surface area contributed by atoms with Gasteiger partial charge in [0.15, 0.2) is 0 Å². The number of thioether (sulfide) groups is 1. The van der Waals surface area contributed by atoms with Gasteiger partial charge in [0.1, 0.15) is 12.6 Å². The van der Waals surface area contributed by atoms with Crippen LogP contribution in [-0.4, -0.2) is 47.2 Å². The number of carbonyl (C=O) groups excluding carboxylic acids is 2. The van der Waals surface area contributed by atoms with Crippen molar-refractivity contribution in [1.29, 1.82) is 0 Å². The van der Waals surface area contributed by atoms with Crippen molar-refractivity contribution in [3.8, 4) is 11.1 Å². The van der Waals surface area contributed by atoms with Gasteiger partial charge in [-0.2, -0.15) is 0 Å². The fourth-order valence-electron chi connectivity index (χ4n) is 4.25. The first kappa shape index (κ1) is 25.3. The summed E-state index contributed by atoms with van der Waals surface area (Å²) in [5.74, 6) is -1.45. The molecule has 0 bridgehead atoms. The van der Waals surface area contributed by atoms with Crippen LogP contribution in [0.4, 0.5) is 10.5 Å². The summed E-state index contributed by atoms with van der Waals surface area (Å²) in [5.41, 5.74) is 6.23. The zero-order valence-corrected chi connectivity index (χ0v) is 20.7. The molecule has 3 aromatic rings. The second-order valence-electron chi connectivity index (χ2n) is 8.47. The van der Waals surface area contributed by atoms with Gasteiger partial charge in [-0.05, 0) is 46.4 Å². The predicted octanol–water partition coefficient (Wildman–Crippen LogP) is 4.91. The molecule has 0 saturated carbocycles. The molecule has 0 spiro atoms. The molecule has 36 heavy (non-hydrogen) atoms. The third-order valence-electron chi connectivity index (χ3n) is 6.10. The Kier molecular flexibility index (Phi) is 8.28. The van der Waals surface area contributed by atoms with Gasteiger partial charge in [0, 0.05) is 17.4 Å². The number of ether oxygens (including phenoxy) is 1. The van der Waals surface area contributed by atoms with E-state index < -0.39 is 18.1 Å². The predicted molar refractivity (Wildman–Crippen MR) is 141 cm³/mol. The van der Waals surface area contributed by atoms with E-state index in [-0.39, 0.29) is 29.9 Å². The number of hydrogen-bond donors (Lipinski definition) is 3. The van der Waals surface area contributed by atoms with Crippen LogP contribution in [0.3, 0.4) is 0 Å². The summed E-state index contributed by atoms with van der Waals surface area (Å²) in [7, 11) is 0. The number of aliphatic carboxylic acids is 1. The maximum absolute atomic E-state index is 12.4. The standard InChI is InChI=1S/C28H28N2O5S/c1-2-18-11-13-19(14-12-18)29-26(31)17-36-16-25(27(32)33)30-28(34)35-15-24-22-9-5-3-7-20(22)21-8-4-6-10-23(21)24/h3-14,24-25H,2,15-17H2,1H3,(H,29,31)(H,30,34)(H,32,33). The average molecular weight is 505 g/mol. The number of hydrogen-bond acceptors (Lipinski definition) is 5. The van der Waals surface area contributed by atoms with Crippen molar-refractivity contribution in [2.45, 2.75) is 25.3 Å². The van der Waals surface area contributed by atoms with E-state index in [1.54, 1.807) is 0 Å². The number of alkyl carbamates (subject to hydrolysis) is 1. The molecule has 3 N–H and O–H groups in total. The van der Waals surface area contributed by atoms with Crippen molar-refractivity contribution in [3.63, 3.8) is 0 Å². The summed E-state index contributed by atoms with van der Waals surface area (Å²) in [5, 5.41) is 14.7. The van der Waals surface area contributed by atoms with E-state index in [9.17, 15) is 19.5 Å². The number of carbonyl (C=O) groups is 3. The molecule has 0 radical (unpaired) electrons. The number of amides is 2. The highest BCUT2D eigenvalue weighted by Crippen LogP contribution is 2.44. The molecule has 1 aliphatic rings. The minimum Gasteiger partial charge on any atom is -0.480 e. The van der Waals surface area contributed by atoms with E-state index in [1.165, 1.54) is 5.56 Å². The van der Waals surface area contributed by atoms with Crippen LogP contribution < -0.4 is 10.6 Å². The van der Waals surface area contributed by atoms with E-state index in [1.807, 2.05) is 72.8 Å². The zero-order chi connectivity index (χ0) is 25.5. The lowest BCUT2D eigenvalue weighted by Crippen LogP contribution is -2.43. The fraction of sp³-hybridized carbons (Fsp3) is 0.250. The van der Waals surface area contributed by atoms with Crippen LogP contribution in [0.2, 0.25) is 0 Å². The number of carboxylic acid groups (broad SMARTS) is 1. The van der Waals surface area contributed by atoms with Gasteiger partial charge in [-0.15, -0.1) is 11.8 Å². The first-order chi connectivity index (χ1) is 17.5. The highest BCUT2D eigenvalue weighted by molar-refractivity contribution is 8.00. The smallest absolute Gasteiger partial charge is 0.407 e. The van der Waals surface area contributed by atoms with Gasteiger partial charge < -0.3 is 20.5 Å². The molecular weight excluding hydrogens is 476 g/mol. The zero-order valence-electron chi connectivity index (χ0n) is 19.9. The molecular formula is C28H28N2O5S. The van der Waals surface area contributed by atoms with Crippen molar-refractivity contribution >= 4 is 35.4 Å². The number of carboxylic acids is 1. The maximum Gasteiger partial charge on any atom is 0.407 e. The van der Waals surface area contributed by atoms with Crippen molar-refractivity contribution in [3.05, 3.63) is 89.5 Å². The molecule has 0 fully saturated rings. The summed E-state index contributed by atoms with van der Waals surface area (Å²) >= 11 is 1.13. The lowest BCUT2D eigenvalue weighted by Gasteiger charge is -2.17. The molecule has 2 amide bonds. The second kappa shape index (κ2) is 11.8.